The molecule has 0 spiro atoms. The van der Waals surface area contributed by atoms with Crippen LogP contribution in [0.1, 0.15) is 66.7 Å². The highest BCUT2D eigenvalue weighted by atomic mass is 14.9. The van der Waals surface area contributed by atoms with Gasteiger partial charge in [0.25, 0.3) is 0 Å². The van der Waals surface area contributed by atoms with E-state index in [2.05, 4.69) is 39.9 Å². The van der Waals surface area contributed by atoms with Crippen molar-refractivity contribution >= 4 is 0 Å². The summed E-state index contributed by atoms with van der Waals surface area (Å²) in [5, 5.41) is 3.74. The number of hydrogen-bond acceptors (Lipinski definition) is 1. The summed E-state index contributed by atoms with van der Waals surface area (Å²) in [4.78, 5) is 0. The minimum absolute atomic E-state index is 0.745. The van der Waals surface area contributed by atoms with Gasteiger partial charge in [-0.15, -0.1) is 0 Å². The standard InChI is InChI=1S/C14H31N/c1-6-10-15-14(11-12(5)7-2)13(8-3)9-4/h12-15H,6-11H2,1-5H3. The van der Waals surface area contributed by atoms with Gasteiger partial charge in [0.05, 0.1) is 0 Å². The molecule has 2 atom stereocenters. The van der Waals surface area contributed by atoms with Crippen molar-refractivity contribution in [3.8, 4) is 0 Å². The molecule has 0 fully saturated rings. The van der Waals surface area contributed by atoms with Gasteiger partial charge in [-0.25, -0.2) is 0 Å². The first-order valence-corrected chi connectivity index (χ1v) is 6.92. The van der Waals surface area contributed by atoms with Gasteiger partial charge < -0.3 is 5.32 Å². The third-order valence-electron chi connectivity index (χ3n) is 3.63. The fraction of sp³-hybridized carbons (Fsp3) is 1.00. The molecule has 92 valence electrons. The highest BCUT2D eigenvalue weighted by Crippen LogP contribution is 2.21. The number of hydrogen-bond donors (Lipinski definition) is 1. The van der Waals surface area contributed by atoms with Crippen LogP contribution < -0.4 is 5.32 Å². The van der Waals surface area contributed by atoms with E-state index in [4.69, 9.17) is 0 Å². The smallest absolute Gasteiger partial charge is 0.00976 e. The molecule has 0 aromatic heterocycles. The maximum atomic E-state index is 3.74. The Morgan fingerprint density at radius 3 is 1.93 bits per heavy atom. The van der Waals surface area contributed by atoms with Crippen LogP contribution in [-0.2, 0) is 0 Å². The van der Waals surface area contributed by atoms with E-state index >= 15 is 0 Å². The van der Waals surface area contributed by atoms with Crippen molar-refractivity contribution in [1.82, 2.24) is 5.32 Å². The number of rotatable bonds is 9. The van der Waals surface area contributed by atoms with E-state index < -0.39 is 0 Å². The SMILES string of the molecule is CCCNC(CC(C)CC)C(CC)CC. The van der Waals surface area contributed by atoms with Crippen molar-refractivity contribution < 1.29 is 0 Å². The second-order valence-corrected chi connectivity index (χ2v) is 4.89. The first-order valence-electron chi connectivity index (χ1n) is 6.92. The molecular formula is C14H31N. The quantitative estimate of drug-likeness (QED) is 0.604. The predicted molar refractivity (Wildman–Crippen MR) is 70.2 cm³/mol. The fourth-order valence-corrected chi connectivity index (χ4v) is 2.23. The largest absolute Gasteiger partial charge is 0.314 e. The Bertz CT molecular complexity index is 129. The molecule has 0 aliphatic carbocycles. The molecule has 0 heterocycles. The summed E-state index contributed by atoms with van der Waals surface area (Å²) < 4.78 is 0. The first kappa shape index (κ1) is 15.0. The van der Waals surface area contributed by atoms with Gasteiger partial charge in [-0.05, 0) is 31.2 Å². The summed E-state index contributed by atoms with van der Waals surface area (Å²) in [6.45, 7) is 12.8. The molecule has 0 saturated heterocycles. The van der Waals surface area contributed by atoms with Crippen LogP contribution in [0, 0.1) is 11.8 Å². The zero-order valence-corrected chi connectivity index (χ0v) is 11.5. The average molecular weight is 213 g/mol. The van der Waals surface area contributed by atoms with Gasteiger partial charge >= 0.3 is 0 Å². The summed E-state index contributed by atoms with van der Waals surface area (Å²) in [6, 6.07) is 0.745. The molecule has 2 unspecified atom stereocenters. The van der Waals surface area contributed by atoms with Crippen LogP contribution in [0.4, 0.5) is 0 Å². The van der Waals surface area contributed by atoms with Crippen molar-refractivity contribution in [2.24, 2.45) is 11.8 Å². The van der Waals surface area contributed by atoms with Gasteiger partial charge in [-0.3, -0.25) is 0 Å². The molecule has 1 heteroatoms. The van der Waals surface area contributed by atoms with Crippen LogP contribution in [-0.4, -0.2) is 12.6 Å². The monoisotopic (exact) mass is 213 g/mol. The van der Waals surface area contributed by atoms with Crippen molar-refractivity contribution in [3.05, 3.63) is 0 Å². The fourth-order valence-electron chi connectivity index (χ4n) is 2.23. The summed E-state index contributed by atoms with van der Waals surface area (Å²) in [5.41, 5.74) is 0. The van der Waals surface area contributed by atoms with E-state index in [0.29, 0.717) is 0 Å². The topological polar surface area (TPSA) is 12.0 Å². The Kier molecular flexibility index (Phi) is 9.18. The molecule has 0 radical (unpaired) electrons. The van der Waals surface area contributed by atoms with E-state index in [0.717, 1.165) is 17.9 Å². The Morgan fingerprint density at radius 2 is 1.53 bits per heavy atom. The van der Waals surface area contributed by atoms with Crippen LogP contribution >= 0.6 is 0 Å². The van der Waals surface area contributed by atoms with Crippen molar-refractivity contribution in [2.75, 3.05) is 6.54 Å². The normalized spacial score (nSPS) is 15.6. The van der Waals surface area contributed by atoms with Crippen LogP contribution in [0.5, 0.6) is 0 Å². The molecule has 0 aliphatic heterocycles. The summed E-state index contributed by atoms with van der Waals surface area (Å²) in [6.07, 6.45) is 6.53. The van der Waals surface area contributed by atoms with Gasteiger partial charge in [0, 0.05) is 6.04 Å². The lowest BCUT2D eigenvalue weighted by molar-refractivity contribution is 0.282. The van der Waals surface area contributed by atoms with Crippen molar-refractivity contribution in [1.29, 1.82) is 0 Å². The maximum absolute atomic E-state index is 3.74. The Balaban J connectivity index is 4.14. The minimum Gasteiger partial charge on any atom is -0.314 e. The highest BCUT2D eigenvalue weighted by Gasteiger charge is 2.19. The van der Waals surface area contributed by atoms with E-state index in [9.17, 15) is 0 Å². The number of nitrogens with one attached hydrogen (secondary N) is 1. The summed E-state index contributed by atoms with van der Waals surface area (Å²) in [5.74, 6) is 1.73. The molecule has 0 amide bonds. The van der Waals surface area contributed by atoms with Crippen molar-refractivity contribution in [2.45, 2.75) is 72.8 Å². The first-order chi connectivity index (χ1) is 7.19. The van der Waals surface area contributed by atoms with Gasteiger partial charge in [0.1, 0.15) is 0 Å². The molecule has 0 aromatic rings. The summed E-state index contributed by atoms with van der Waals surface area (Å²) >= 11 is 0. The summed E-state index contributed by atoms with van der Waals surface area (Å²) in [7, 11) is 0. The molecule has 0 saturated carbocycles. The lowest BCUT2D eigenvalue weighted by Gasteiger charge is -2.28. The average Bonchev–Trinajstić information content (AvgIpc) is 2.26. The molecule has 0 aliphatic rings. The molecule has 0 rings (SSSR count). The van der Waals surface area contributed by atoms with Crippen LogP contribution in [0.25, 0.3) is 0 Å². The Labute approximate surface area is 97.0 Å². The molecule has 0 bridgehead atoms. The van der Waals surface area contributed by atoms with Crippen molar-refractivity contribution in [3.63, 3.8) is 0 Å². The van der Waals surface area contributed by atoms with Gasteiger partial charge in [-0.1, -0.05) is 53.9 Å². The van der Waals surface area contributed by atoms with E-state index in [1.807, 2.05) is 0 Å². The Hall–Kier alpha value is -0.0400. The van der Waals surface area contributed by atoms with Gasteiger partial charge in [-0.2, -0.15) is 0 Å². The van der Waals surface area contributed by atoms with Crippen LogP contribution in [0.15, 0.2) is 0 Å². The molecule has 15 heavy (non-hydrogen) atoms. The third kappa shape index (κ3) is 6.19. The van der Waals surface area contributed by atoms with E-state index in [-0.39, 0.29) is 0 Å². The molecule has 0 aromatic carbocycles. The van der Waals surface area contributed by atoms with Gasteiger partial charge in [0.15, 0.2) is 0 Å². The zero-order valence-electron chi connectivity index (χ0n) is 11.5. The van der Waals surface area contributed by atoms with E-state index in [1.54, 1.807) is 0 Å². The van der Waals surface area contributed by atoms with Gasteiger partial charge in [0.2, 0.25) is 0 Å². The van der Waals surface area contributed by atoms with Crippen LogP contribution in [0.3, 0.4) is 0 Å². The molecular weight excluding hydrogens is 182 g/mol. The second kappa shape index (κ2) is 9.21. The molecule has 1 N–H and O–H groups in total. The Morgan fingerprint density at radius 1 is 0.933 bits per heavy atom. The third-order valence-corrected chi connectivity index (χ3v) is 3.63. The maximum Gasteiger partial charge on any atom is 0.00976 e. The lowest BCUT2D eigenvalue weighted by Crippen LogP contribution is -2.37. The predicted octanol–water partition coefficient (Wildman–Crippen LogP) is 4.23. The minimum atomic E-state index is 0.745. The second-order valence-electron chi connectivity index (χ2n) is 4.89. The van der Waals surface area contributed by atoms with E-state index in [1.165, 1.54) is 38.6 Å². The zero-order chi connectivity index (χ0) is 11.7. The molecule has 1 nitrogen and oxygen atoms in total. The van der Waals surface area contributed by atoms with Crippen LogP contribution in [0.2, 0.25) is 0 Å². The lowest BCUT2D eigenvalue weighted by atomic mass is 9.87. The highest BCUT2D eigenvalue weighted by molar-refractivity contribution is 4.76.